The SMILES string of the molecule is CC1CC(O)(Cc2c(F)cccc2F)CS1. The van der Waals surface area contributed by atoms with Crippen molar-refractivity contribution in [1.29, 1.82) is 0 Å². The lowest BCUT2D eigenvalue weighted by Gasteiger charge is -2.22. The molecular weight excluding hydrogens is 230 g/mol. The van der Waals surface area contributed by atoms with Crippen LogP contribution in [0.1, 0.15) is 18.9 Å². The largest absolute Gasteiger partial charge is 0.389 e. The molecule has 0 saturated carbocycles. The summed E-state index contributed by atoms with van der Waals surface area (Å²) in [5.41, 5.74) is -0.965. The molecule has 1 aromatic carbocycles. The highest BCUT2D eigenvalue weighted by Crippen LogP contribution is 2.37. The fourth-order valence-corrected chi connectivity index (χ4v) is 3.35. The third-order valence-corrected chi connectivity index (χ3v) is 4.31. The van der Waals surface area contributed by atoms with Gasteiger partial charge in [0.05, 0.1) is 5.60 Å². The summed E-state index contributed by atoms with van der Waals surface area (Å²) in [5, 5.41) is 10.6. The van der Waals surface area contributed by atoms with Crippen LogP contribution in [-0.2, 0) is 6.42 Å². The predicted octanol–water partition coefficient (Wildman–Crippen LogP) is 2.76. The van der Waals surface area contributed by atoms with E-state index in [4.69, 9.17) is 0 Å². The molecule has 1 heterocycles. The molecule has 1 N–H and O–H groups in total. The molecule has 0 radical (unpaired) electrons. The minimum Gasteiger partial charge on any atom is -0.389 e. The highest BCUT2D eigenvalue weighted by molar-refractivity contribution is 8.00. The van der Waals surface area contributed by atoms with Crippen LogP contribution in [0.2, 0.25) is 0 Å². The number of rotatable bonds is 2. The fraction of sp³-hybridized carbons (Fsp3) is 0.500. The Bertz CT molecular complexity index is 376. The van der Waals surface area contributed by atoms with Gasteiger partial charge >= 0.3 is 0 Å². The van der Waals surface area contributed by atoms with E-state index in [9.17, 15) is 13.9 Å². The zero-order valence-corrected chi connectivity index (χ0v) is 9.86. The third kappa shape index (κ3) is 2.38. The van der Waals surface area contributed by atoms with E-state index in [0.717, 1.165) is 0 Å². The van der Waals surface area contributed by atoms with Crippen molar-refractivity contribution in [2.75, 3.05) is 5.75 Å². The molecule has 2 atom stereocenters. The topological polar surface area (TPSA) is 20.2 Å². The second-order valence-corrected chi connectivity index (χ2v) is 5.85. The number of hydrogen-bond acceptors (Lipinski definition) is 2. The molecule has 2 rings (SSSR count). The molecule has 1 fully saturated rings. The Kier molecular flexibility index (Phi) is 3.22. The van der Waals surface area contributed by atoms with Gasteiger partial charge in [-0.05, 0) is 18.6 Å². The molecule has 1 saturated heterocycles. The molecule has 2 unspecified atom stereocenters. The molecule has 16 heavy (non-hydrogen) atoms. The number of halogens is 2. The van der Waals surface area contributed by atoms with E-state index in [0.29, 0.717) is 17.4 Å². The van der Waals surface area contributed by atoms with Crippen LogP contribution in [0.15, 0.2) is 18.2 Å². The molecule has 1 aliphatic rings. The first kappa shape index (κ1) is 11.9. The van der Waals surface area contributed by atoms with Crippen molar-refractivity contribution in [2.24, 2.45) is 0 Å². The van der Waals surface area contributed by atoms with Crippen molar-refractivity contribution in [3.05, 3.63) is 35.4 Å². The van der Waals surface area contributed by atoms with Crippen LogP contribution in [0.5, 0.6) is 0 Å². The predicted molar refractivity (Wildman–Crippen MR) is 61.5 cm³/mol. The summed E-state index contributed by atoms with van der Waals surface area (Å²) in [5.74, 6) is -0.599. The molecule has 1 aliphatic heterocycles. The molecule has 1 aromatic rings. The Morgan fingerprint density at radius 3 is 2.56 bits per heavy atom. The van der Waals surface area contributed by atoms with Crippen LogP contribution in [0.4, 0.5) is 8.78 Å². The van der Waals surface area contributed by atoms with Gasteiger partial charge < -0.3 is 5.11 Å². The standard InChI is InChI=1S/C12H14F2OS/c1-8-5-12(15,7-16-8)6-9-10(13)3-2-4-11(9)14/h2-4,8,15H,5-7H2,1H3. The van der Waals surface area contributed by atoms with E-state index in [-0.39, 0.29) is 12.0 Å². The maximum absolute atomic E-state index is 13.4. The Labute approximate surface area is 97.9 Å². The monoisotopic (exact) mass is 244 g/mol. The lowest BCUT2D eigenvalue weighted by Crippen LogP contribution is -2.32. The van der Waals surface area contributed by atoms with Gasteiger partial charge in [-0.1, -0.05) is 13.0 Å². The molecule has 4 heteroatoms. The normalized spacial score (nSPS) is 29.6. The van der Waals surface area contributed by atoms with Crippen molar-refractivity contribution in [2.45, 2.75) is 30.6 Å². The van der Waals surface area contributed by atoms with Crippen LogP contribution in [0.3, 0.4) is 0 Å². The second kappa shape index (κ2) is 4.34. The average molecular weight is 244 g/mol. The van der Waals surface area contributed by atoms with Crippen LogP contribution in [0, 0.1) is 11.6 Å². The Morgan fingerprint density at radius 1 is 1.44 bits per heavy atom. The summed E-state index contributed by atoms with van der Waals surface area (Å²) in [4.78, 5) is 0. The van der Waals surface area contributed by atoms with Gasteiger partial charge in [-0.2, -0.15) is 11.8 Å². The number of hydrogen-bond donors (Lipinski definition) is 1. The van der Waals surface area contributed by atoms with E-state index in [1.807, 2.05) is 6.92 Å². The number of benzene rings is 1. The minimum absolute atomic E-state index is 0.000278. The highest BCUT2D eigenvalue weighted by atomic mass is 32.2. The molecule has 1 nitrogen and oxygen atoms in total. The summed E-state index contributed by atoms with van der Waals surface area (Å²) >= 11 is 1.64. The van der Waals surface area contributed by atoms with Crippen molar-refractivity contribution in [1.82, 2.24) is 0 Å². The Balaban J connectivity index is 2.21. The third-order valence-electron chi connectivity index (χ3n) is 2.87. The fourth-order valence-electron chi connectivity index (χ4n) is 2.10. The van der Waals surface area contributed by atoms with E-state index in [2.05, 4.69) is 0 Å². The van der Waals surface area contributed by atoms with Crippen LogP contribution < -0.4 is 0 Å². The van der Waals surface area contributed by atoms with Crippen LogP contribution in [-0.4, -0.2) is 21.7 Å². The van der Waals surface area contributed by atoms with Crippen molar-refractivity contribution in [3.63, 3.8) is 0 Å². The van der Waals surface area contributed by atoms with E-state index < -0.39 is 17.2 Å². The molecule has 0 aromatic heterocycles. The Hall–Kier alpha value is -0.610. The zero-order valence-electron chi connectivity index (χ0n) is 9.04. The average Bonchev–Trinajstić information content (AvgIpc) is 2.53. The lowest BCUT2D eigenvalue weighted by atomic mass is 9.92. The van der Waals surface area contributed by atoms with Gasteiger partial charge in [0.1, 0.15) is 11.6 Å². The summed E-state index contributed by atoms with van der Waals surface area (Å²) in [6.45, 7) is 2.01. The molecule has 0 spiro atoms. The van der Waals surface area contributed by atoms with Gasteiger partial charge in [-0.3, -0.25) is 0 Å². The summed E-state index contributed by atoms with van der Waals surface area (Å²) in [6.07, 6.45) is 0.647. The van der Waals surface area contributed by atoms with Crippen LogP contribution >= 0.6 is 11.8 Å². The minimum atomic E-state index is -0.965. The van der Waals surface area contributed by atoms with E-state index >= 15 is 0 Å². The zero-order chi connectivity index (χ0) is 11.8. The maximum Gasteiger partial charge on any atom is 0.129 e. The maximum atomic E-state index is 13.4. The van der Waals surface area contributed by atoms with Gasteiger partial charge in [0.2, 0.25) is 0 Å². The van der Waals surface area contributed by atoms with Crippen molar-refractivity contribution in [3.8, 4) is 0 Å². The second-order valence-electron chi connectivity index (χ2n) is 4.43. The molecule has 0 bridgehead atoms. The quantitative estimate of drug-likeness (QED) is 0.863. The molecule has 0 aliphatic carbocycles. The van der Waals surface area contributed by atoms with Gasteiger partial charge in [0, 0.05) is 23.0 Å². The smallest absolute Gasteiger partial charge is 0.129 e. The molecule has 88 valence electrons. The first-order chi connectivity index (χ1) is 7.50. The lowest BCUT2D eigenvalue weighted by molar-refractivity contribution is 0.0623. The Morgan fingerprint density at radius 2 is 2.06 bits per heavy atom. The molecule has 0 amide bonds. The van der Waals surface area contributed by atoms with Crippen molar-refractivity contribution >= 4 is 11.8 Å². The van der Waals surface area contributed by atoms with Crippen molar-refractivity contribution < 1.29 is 13.9 Å². The van der Waals surface area contributed by atoms with E-state index in [1.165, 1.54) is 18.2 Å². The van der Waals surface area contributed by atoms with Gasteiger partial charge in [0.15, 0.2) is 0 Å². The van der Waals surface area contributed by atoms with E-state index in [1.54, 1.807) is 11.8 Å². The first-order valence-electron chi connectivity index (χ1n) is 5.27. The summed E-state index contributed by atoms with van der Waals surface area (Å²) in [6, 6.07) is 3.80. The van der Waals surface area contributed by atoms with Gasteiger partial charge in [0.25, 0.3) is 0 Å². The highest BCUT2D eigenvalue weighted by Gasteiger charge is 2.37. The number of aliphatic hydroxyl groups is 1. The summed E-state index contributed by atoms with van der Waals surface area (Å²) in [7, 11) is 0. The molecular formula is C12H14F2OS. The first-order valence-corrected chi connectivity index (χ1v) is 6.32. The summed E-state index contributed by atoms with van der Waals surface area (Å²) < 4.78 is 26.8. The number of thioether (sulfide) groups is 1. The van der Waals surface area contributed by atoms with Gasteiger partial charge in [-0.25, -0.2) is 8.78 Å². The van der Waals surface area contributed by atoms with Gasteiger partial charge in [-0.15, -0.1) is 0 Å². The van der Waals surface area contributed by atoms with Crippen LogP contribution in [0.25, 0.3) is 0 Å².